The number of carboxylic acids is 1. The van der Waals surface area contributed by atoms with Crippen molar-refractivity contribution in [1.29, 1.82) is 0 Å². The van der Waals surface area contributed by atoms with Crippen LogP contribution in [-0.4, -0.2) is 30.2 Å². The van der Waals surface area contributed by atoms with Gasteiger partial charge in [-0.1, -0.05) is 35.5 Å². The lowest BCUT2D eigenvalue weighted by Crippen LogP contribution is -2.24. The molecular weight excluding hydrogens is 222 g/mol. The van der Waals surface area contributed by atoms with Gasteiger partial charge in [-0.15, -0.1) is 0 Å². The molecule has 1 N–H and O–H groups in total. The number of rotatable bonds is 3. The van der Waals surface area contributed by atoms with Gasteiger partial charge in [-0.3, -0.25) is 4.79 Å². The molecule has 2 rings (SSSR count). The van der Waals surface area contributed by atoms with Crippen LogP contribution in [0, 0.1) is 0 Å². The molecule has 1 aromatic rings. The van der Waals surface area contributed by atoms with Crippen LogP contribution in [0.1, 0.15) is 17.9 Å². The highest BCUT2D eigenvalue weighted by Crippen LogP contribution is 2.31. The first-order valence-electron chi connectivity index (χ1n) is 5.27. The van der Waals surface area contributed by atoms with Gasteiger partial charge in [0.15, 0.2) is 6.10 Å². The van der Waals surface area contributed by atoms with Gasteiger partial charge in [0, 0.05) is 0 Å². The van der Waals surface area contributed by atoms with Crippen molar-refractivity contribution in [3.8, 4) is 0 Å². The van der Waals surface area contributed by atoms with Crippen molar-refractivity contribution in [3.63, 3.8) is 0 Å². The fourth-order valence-electron chi connectivity index (χ4n) is 1.91. The van der Waals surface area contributed by atoms with Gasteiger partial charge in [0.1, 0.15) is 5.92 Å². The van der Waals surface area contributed by atoms with E-state index in [1.165, 1.54) is 7.11 Å². The van der Waals surface area contributed by atoms with Crippen molar-refractivity contribution >= 4 is 11.9 Å². The van der Waals surface area contributed by atoms with Crippen molar-refractivity contribution in [3.05, 3.63) is 35.9 Å². The van der Waals surface area contributed by atoms with Crippen molar-refractivity contribution in [2.45, 2.75) is 18.4 Å². The molecule has 1 heterocycles. The third-order valence-electron chi connectivity index (χ3n) is 2.66. The van der Waals surface area contributed by atoms with Crippen LogP contribution in [0.15, 0.2) is 35.5 Å². The summed E-state index contributed by atoms with van der Waals surface area (Å²) in [7, 11) is 1.50. The molecule has 5 nitrogen and oxygen atoms in total. The van der Waals surface area contributed by atoms with E-state index < -0.39 is 12.1 Å². The van der Waals surface area contributed by atoms with E-state index in [4.69, 9.17) is 14.7 Å². The highest BCUT2D eigenvalue weighted by molar-refractivity contribution is 5.86. The Kier molecular flexibility index (Phi) is 3.27. The number of ether oxygens (including phenoxy) is 1. The summed E-state index contributed by atoms with van der Waals surface area (Å²) in [5.41, 5.74) is 0.942. The Balaban J connectivity index is 2.25. The maximum Gasteiger partial charge on any atom is 0.307 e. The summed E-state index contributed by atoms with van der Waals surface area (Å²) in [5, 5.41) is 12.6. The molecule has 1 aromatic carbocycles. The highest BCUT2D eigenvalue weighted by atomic mass is 16.7. The van der Waals surface area contributed by atoms with Crippen LogP contribution in [-0.2, 0) is 14.4 Å². The van der Waals surface area contributed by atoms with Crippen molar-refractivity contribution < 1.29 is 19.5 Å². The number of hydrogen-bond acceptors (Lipinski definition) is 4. The number of benzene rings is 1. The van der Waals surface area contributed by atoms with Gasteiger partial charge in [0.25, 0.3) is 0 Å². The second-order valence-corrected chi connectivity index (χ2v) is 3.76. The highest BCUT2D eigenvalue weighted by Gasteiger charge is 2.37. The monoisotopic (exact) mass is 235 g/mol. The zero-order chi connectivity index (χ0) is 12.3. The Hall–Kier alpha value is -2.04. The van der Waals surface area contributed by atoms with Crippen LogP contribution in [0.4, 0.5) is 0 Å². The van der Waals surface area contributed by atoms with Crippen molar-refractivity contribution in [2.75, 3.05) is 7.11 Å². The number of hydrogen-bond donors (Lipinski definition) is 1. The van der Waals surface area contributed by atoms with Crippen LogP contribution < -0.4 is 0 Å². The molecule has 2 atom stereocenters. The van der Waals surface area contributed by atoms with Crippen LogP contribution in [0.2, 0.25) is 0 Å². The average Bonchev–Trinajstić information content (AvgIpc) is 2.72. The number of nitrogens with zero attached hydrogens (tertiary/aromatic N) is 1. The maximum absolute atomic E-state index is 10.8. The van der Waals surface area contributed by atoms with Crippen molar-refractivity contribution in [1.82, 2.24) is 0 Å². The zero-order valence-electron chi connectivity index (χ0n) is 9.37. The number of methoxy groups -OCH3 is 1. The summed E-state index contributed by atoms with van der Waals surface area (Å²) in [6.07, 6.45) is -0.611. The second-order valence-electron chi connectivity index (χ2n) is 3.76. The Morgan fingerprint density at radius 2 is 2.18 bits per heavy atom. The largest absolute Gasteiger partial charge is 0.481 e. The van der Waals surface area contributed by atoms with E-state index in [1.54, 1.807) is 0 Å². The number of carbonyl (C=O) groups is 1. The van der Waals surface area contributed by atoms with E-state index in [1.807, 2.05) is 30.3 Å². The van der Waals surface area contributed by atoms with Crippen LogP contribution in [0.5, 0.6) is 0 Å². The zero-order valence-corrected chi connectivity index (χ0v) is 9.37. The van der Waals surface area contributed by atoms with Crippen molar-refractivity contribution in [2.24, 2.45) is 5.16 Å². The molecule has 1 aliphatic heterocycles. The molecule has 0 spiro atoms. The van der Waals surface area contributed by atoms with E-state index >= 15 is 0 Å². The molecule has 90 valence electrons. The first-order valence-corrected chi connectivity index (χ1v) is 5.27. The molecule has 0 radical (unpaired) electrons. The summed E-state index contributed by atoms with van der Waals surface area (Å²) in [6, 6.07) is 9.48. The Labute approximate surface area is 98.6 Å². The average molecular weight is 235 g/mol. The quantitative estimate of drug-likeness (QED) is 0.864. The van der Waals surface area contributed by atoms with E-state index in [9.17, 15) is 4.79 Å². The van der Waals surface area contributed by atoms with Crippen LogP contribution in [0.3, 0.4) is 0 Å². The van der Waals surface area contributed by atoms with Gasteiger partial charge in [-0.2, -0.15) is 0 Å². The lowest BCUT2D eigenvalue weighted by Gasteiger charge is -2.16. The molecule has 0 aromatic heterocycles. The van der Waals surface area contributed by atoms with E-state index in [0.29, 0.717) is 5.90 Å². The van der Waals surface area contributed by atoms with Gasteiger partial charge < -0.3 is 14.7 Å². The molecule has 2 unspecified atom stereocenters. The lowest BCUT2D eigenvalue weighted by atomic mass is 9.92. The van der Waals surface area contributed by atoms with Gasteiger partial charge in [-0.05, 0) is 5.56 Å². The Morgan fingerprint density at radius 1 is 1.47 bits per heavy atom. The predicted octanol–water partition coefficient (Wildman–Crippen LogP) is 1.60. The molecule has 5 heteroatoms. The molecule has 0 saturated carbocycles. The fraction of sp³-hybridized carbons (Fsp3) is 0.333. The molecular formula is C12H13NO4. The summed E-state index contributed by atoms with van der Waals surface area (Å²) >= 11 is 0. The Morgan fingerprint density at radius 3 is 2.76 bits per heavy atom. The van der Waals surface area contributed by atoms with Crippen LogP contribution >= 0.6 is 0 Å². The molecule has 0 aliphatic carbocycles. The normalized spacial score (nSPS) is 22.8. The minimum absolute atomic E-state index is 0.101. The van der Waals surface area contributed by atoms with Gasteiger partial charge in [0.2, 0.25) is 5.90 Å². The maximum atomic E-state index is 10.8. The number of carboxylic acid groups (broad SMARTS) is 1. The van der Waals surface area contributed by atoms with Gasteiger partial charge in [0.05, 0.1) is 13.5 Å². The molecule has 1 aliphatic rings. The molecule has 0 amide bonds. The third-order valence-corrected chi connectivity index (χ3v) is 2.66. The molecule has 0 saturated heterocycles. The summed E-state index contributed by atoms with van der Waals surface area (Å²) in [4.78, 5) is 15.9. The molecule has 0 bridgehead atoms. The van der Waals surface area contributed by atoms with E-state index in [2.05, 4.69) is 5.16 Å². The fourth-order valence-corrected chi connectivity index (χ4v) is 1.91. The van der Waals surface area contributed by atoms with E-state index in [-0.39, 0.29) is 12.3 Å². The summed E-state index contributed by atoms with van der Waals surface area (Å²) in [6.45, 7) is 0. The minimum Gasteiger partial charge on any atom is -0.481 e. The van der Waals surface area contributed by atoms with Crippen LogP contribution in [0.25, 0.3) is 0 Å². The number of aliphatic carboxylic acids is 1. The smallest absolute Gasteiger partial charge is 0.307 e. The molecule has 17 heavy (non-hydrogen) atoms. The second kappa shape index (κ2) is 4.86. The lowest BCUT2D eigenvalue weighted by molar-refractivity contribution is -0.139. The predicted molar refractivity (Wildman–Crippen MR) is 60.8 cm³/mol. The SMILES string of the molecule is COC1=NOC(CC(=O)O)C1c1ccccc1. The van der Waals surface area contributed by atoms with Gasteiger partial charge in [-0.25, -0.2) is 0 Å². The topological polar surface area (TPSA) is 68.1 Å². The number of oxime groups is 1. The summed E-state index contributed by atoms with van der Waals surface area (Å²) < 4.78 is 5.12. The summed E-state index contributed by atoms with van der Waals surface area (Å²) in [5.74, 6) is -0.747. The third kappa shape index (κ3) is 2.38. The molecule has 0 fully saturated rings. The Bertz CT molecular complexity index is 429. The van der Waals surface area contributed by atoms with E-state index in [0.717, 1.165) is 5.56 Å². The van der Waals surface area contributed by atoms with Gasteiger partial charge >= 0.3 is 5.97 Å². The first-order chi connectivity index (χ1) is 8.22. The standard InChI is InChI=1S/C12H13NO4/c1-16-12-11(8-5-3-2-4-6-8)9(17-13-12)7-10(14)15/h2-6,9,11H,7H2,1H3,(H,14,15). The first kappa shape index (κ1) is 11.4. The minimum atomic E-state index is -0.913.